The number of nitrogens with two attached hydrogens (primary N) is 1. The highest BCUT2D eigenvalue weighted by atomic mass is 16.6. The van der Waals surface area contributed by atoms with Gasteiger partial charge in [-0.15, -0.1) is 0 Å². The maximum Gasteiger partial charge on any atom is 0.337 e. The van der Waals surface area contributed by atoms with Crippen LogP contribution in [0.2, 0.25) is 0 Å². The molecule has 14 nitrogen and oxygen atoms in total. The monoisotopic (exact) mass is 522 g/mol. The van der Waals surface area contributed by atoms with Crippen LogP contribution in [0, 0.1) is 0 Å². The molecule has 0 spiro atoms. The summed E-state index contributed by atoms with van der Waals surface area (Å²) in [5.74, 6) is -0.476. The molecule has 7 atom stereocenters. The Morgan fingerprint density at radius 3 is 2.86 bits per heavy atom. The van der Waals surface area contributed by atoms with Crippen LogP contribution in [-0.4, -0.2) is 122 Å². The van der Waals surface area contributed by atoms with Crippen LogP contribution < -0.4 is 32.3 Å². The first-order valence-electron chi connectivity index (χ1n) is 12.4. The van der Waals surface area contributed by atoms with E-state index in [0.29, 0.717) is 50.6 Å². The Morgan fingerprint density at radius 1 is 1.27 bits per heavy atom. The molecule has 3 fully saturated rings. The zero-order valence-electron chi connectivity index (χ0n) is 21.1. The predicted octanol–water partition coefficient (Wildman–Crippen LogP) is -2.64. The number of methoxy groups -OCH3 is 1. The topological polar surface area (TPSA) is 186 Å². The van der Waals surface area contributed by atoms with Gasteiger partial charge in [0.1, 0.15) is 24.5 Å². The van der Waals surface area contributed by atoms with Crippen LogP contribution >= 0.6 is 0 Å². The van der Waals surface area contributed by atoms with Gasteiger partial charge in [-0.3, -0.25) is 16.0 Å². The van der Waals surface area contributed by atoms with Crippen molar-refractivity contribution in [2.24, 2.45) is 5.73 Å². The van der Waals surface area contributed by atoms with Gasteiger partial charge in [-0.05, 0) is 38.2 Å². The SMILES string of the molecule is COC(=O)c1cccc(NC(=O)NCCCN(C)C[C@H]2O[C@@H](N3CNC4C(N)NCNC43)[C@H](O)[C@@H]2O)c1. The number of urea groups is 1. The van der Waals surface area contributed by atoms with E-state index in [0.717, 1.165) is 0 Å². The van der Waals surface area contributed by atoms with E-state index in [-0.39, 0.29) is 24.4 Å². The van der Waals surface area contributed by atoms with E-state index >= 15 is 0 Å². The number of hydrogen-bond acceptors (Lipinski definition) is 12. The van der Waals surface area contributed by atoms with E-state index in [2.05, 4.69) is 31.3 Å². The van der Waals surface area contributed by atoms with Gasteiger partial charge in [-0.25, -0.2) is 14.5 Å². The third-order valence-electron chi connectivity index (χ3n) is 6.94. The Labute approximate surface area is 215 Å². The van der Waals surface area contributed by atoms with Crippen molar-refractivity contribution in [1.82, 2.24) is 31.1 Å². The molecule has 3 aliphatic rings. The number of esters is 1. The highest BCUT2D eigenvalue weighted by molar-refractivity contribution is 5.93. The predicted molar refractivity (Wildman–Crippen MR) is 134 cm³/mol. The highest BCUT2D eigenvalue weighted by Gasteiger charge is 2.51. The molecule has 0 radical (unpaired) electrons. The molecule has 0 saturated carbocycles. The first kappa shape index (κ1) is 27.6. The summed E-state index contributed by atoms with van der Waals surface area (Å²) in [5.41, 5.74) is 6.96. The van der Waals surface area contributed by atoms with Crippen LogP contribution in [0.15, 0.2) is 24.3 Å². The van der Waals surface area contributed by atoms with Crippen LogP contribution in [0.4, 0.5) is 10.5 Å². The molecule has 206 valence electrons. The lowest BCUT2D eigenvalue weighted by Crippen LogP contribution is -2.68. The average Bonchev–Trinajstić information content (AvgIpc) is 3.43. The van der Waals surface area contributed by atoms with Crippen LogP contribution in [-0.2, 0) is 9.47 Å². The Morgan fingerprint density at radius 2 is 2.08 bits per heavy atom. The van der Waals surface area contributed by atoms with E-state index in [1.807, 2.05) is 16.8 Å². The van der Waals surface area contributed by atoms with Crippen molar-refractivity contribution >= 4 is 17.7 Å². The Balaban J connectivity index is 1.18. The zero-order chi connectivity index (χ0) is 26.5. The largest absolute Gasteiger partial charge is 0.465 e. The van der Waals surface area contributed by atoms with Gasteiger partial charge in [0.05, 0.1) is 37.7 Å². The highest BCUT2D eigenvalue weighted by Crippen LogP contribution is 2.28. The minimum Gasteiger partial charge on any atom is -0.465 e. The van der Waals surface area contributed by atoms with Gasteiger partial charge in [0, 0.05) is 25.4 Å². The Bertz CT molecular complexity index is 940. The quantitative estimate of drug-likeness (QED) is 0.125. The maximum absolute atomic E-state index is 12.2. The van der Waals surface area contributed by atoms with Crippen molar-refractivity contribution in [3.63, 3.8) is 0 Å². The van der Waals surface area contributed by atoms with Crippen molar-refractivity contribution in [3.8, 4) is 0 Å². The van der Waals surface area contributed by atoms with Gasteiger partial charge in [0.2, 0.25) is 0 Å². The third-order valence-corrected chi connectivity index (χ3v) is 6.94. The molecule has 1 aromatic rings. The molecule has 0 aliphatic carbocycles. The maximum atomic E-state index is 12.2. The molecule has 1 aromatic carbocycles. The molecule has 14 heteroatoms. The number of nitrogens with zero attached hydrogens (tertiary/aromatic N) is 2. The summed E-state index contributed by atoms with van der Waals surface area (Å²) in [4.78, 5) is 27.8. The molecule has 3 saturated heterocycles. The molecule has 4 rings (SSSR count). The Hall–Kier alpha value is -2.40. The summed E-state index contributed by atoms with van der Waals surface area (Å²) in [7, 11) is 3.20. The molecule has 37 heavy (non-hydrogen) atoms. The van der Waals surface area contributed by atoms with Gasteiger partial charge in [-0.2, -0.15) is 0 Å². The normalized spacial score (nSPS) is 31.8. The lowest BCUT2D eigenvalue weighted by Gasteiger charge is -2.38. The number of ether oxygens (including phenoxy) is 2. The van der Waals surface area contributed by atoms with Crippen molar-refractivity contribution in [2.75, 3.05) is 52.4 Å². The first-order valence-corrected chi connectivity index (χ1v) is 12.4. The number of amides is 2. The molecule has 0 aromatic heterocycles. The number of rotatable bonds is 9. The van der Waals surface area contributed by atoms with E-state index in [1.165, 1.54) is 7.11 Å². The van der Waals surface area contributed by atoms with Gasteiger partial charge in [-0.1, -0.05) is 6.07 Å². The number of carbonyl (C=O) groups excluding carboxylic acids is 2. The summed E-state index contributed by atoms with van der Waals surface area (Å²) >= 11 is 0. The number of hydrogen-bond donors (Lipinski definition) is 8. The van der Waals surface area contributed by atoms with Crippen LogP contribution in [0.3, 0.4) is 0 Å². The summed E-state index contributed by atoms with van der Waals surface area (Å²) in [6, 6.07) is 6.08. The van der Waals surface area contributed by atoms with Gasteiger partial charge in [0.25, 0.3) is 0 Å². The smallest absolute Gasteiger partial charge is 0.337 e. The summed E-state index contributed by atoms with van der Waals surface area (Å²) in [5, 5.41) is 36.6. The van der Waals surface area contributed by atoms with E-state index in [4.69, 9.17) is 10.5 Å². The fraction of sp³-hybridized carbons (Fsp3) is 0.652. The van der Waals surface area contributed by atoms with E-state index in [9.17, 15) is 19.8 Å². The molecular formula is C23H38N8O6. The van der Waals surface area contributed by atoms with Crippen molar-refractivity contribution in [3.05, 3.63) is 29.8 Å². The minimum atomic E-state index is -1.05. The summed E-state index contributed by atoms with van der Waals surface area (Å²) in [6.45, 7) is 2.52. The number of benzene rings is 1. The molecule has 0 bridgehead atoms. The number of aliphatic hydroxyl groups is 2. The number of likely N-dealkylation sites (N-methyl/N-ethyl adjacent to an activating group) is 1. The molecule has 3 aliphatic heterocycles. The number of fused-ring (bicyclic) bond motifs is 1. The second-order valence-corrected chi connectivity index (χ2v) is 9.57. The second kappa shape index (κ2) is 12.4. The van der Waals surface area contributed by atoms with Crippen LogP contribution in [0.5, 0.6) is 0 Å². The molecule has 3 unspecified atom stereocenters. The average molecular weight is 523 g/mol. The van der Waals surface area contributed by atoms with Crippen LogP contribution in [0.25, 0.3) is 0 Å². The number of carbonyl (C=O) groups is 2. The number of anilines is 1. The molecule has 3 heterocycles. The van der Waals surface area contributed by atoms with E-state index < -0.39 is 30.5 Å². The van der Waals surface area contributed by atoms with Gasteiger partial charge in [0.15, 0.2) is 0 Å². The van der Waals surface area contributed by atoms with Crippen molar-refractivity contribution < 1.29 is 29.3 Å². The minimum absolute atomic E-state index is 0.0371. The molecule has 2 amide bonds. The number of aliphatic hydroxyl groups excluding tert-OH is 2. The summed E-state index contributed by atoms with van der Waals surface area (Å²) in [6.07, 6.45) is -2.95. The first-order chi connectivity index (χ1) is 17.8. The summed E-state index contributed by atoms with van der Waals surface area (Å²) < 4.78 is 10.8. The number of nitrogens with one attached hydrogen (secondary N) is 5. The fourth-order valence-electron chi connectivity index (χ4n) is 4.97. The Kier molecular flexibility index (Phi) is 9.28. The third kappa shape index (κ3) is 6.54. The lowest BCUT2D eigenvalue weighted by molar-refractivity contribution is -0.106. The lowest BCUT2D eigenvalue weighted by atomic mass is 10.1. The fourth-order valence-corrected chi connectivity index (χ4v) is 4.97. The second-order valence-electron chi connectivity index (χ2n) is 9.57. The molecular weight excluding hydrogens is 484 g/mol. The van der Waals surface area contributed by atoms with Crippen molar-refractivity contribution in [2.45, 2.75) is 49.3 Å². The standard InChI is InChI=1S/C23H38N8O6/c1-30(8-4-7-25-23(35)29-14-6-3-5-13(9-14)22(34)36-2)10-15-17(32)18(33)21(37-15)31-12-28-16-19(24)26-11-27-20(16)31/h3,5-6,9,15-21,26-28,32-33H,4,7-8,10-12,24H2,1-2H3,(H2,25,29,35)/t15-,16?,17-,18-,19?,20?,21-/m1/s1. The van der Waals surface area contributed by atoms with Gasteiger partial charge < -0.3 is 41.0 Å². The van der Waals surface area contributed by atoms with Crippen LogP contribution in [0.1, 0.15) is 16.8 Å². The van der Waals surface area contributed by atoms with Crippen molar-refractivity contribution in [1.29, 1.82) is 0 Å². The van der Waals surface area contributed by atoms with E-state index in [1.54, 1.807) is 24.3 Å². The molecule has 9 N–H and O–H groups in total. The van der Waals surface area contributed by atoms with Gasteiger partial charge >= 0.3 is 12.0 Å². The zero-order valence-corrected chi connectivity index (χ0v) is 21.1.